The van der Waals surface area contributed by atoms with E-state index in [1.165, 1.54) is 17.5 Å². The molecule has 0 aromatic heterocycles. The summed E-state index contributed by atoms with van der Waals surface area (Å²) >= 11 is 0. The highest BCUT2D eigenvalue weighted by molar-refractivity contribution is 5.76. The van der Waals surface area contributed by atoms with Crippen molar-refractivity contribution in [2.75, 3.05) is 39.3 Å². The molecule has 2 aromatic rings. The van der Waals surface area contributed by atoms with E-state index < -0.39 is 5.97 Å². The zero-order valence-electron chi connectivity index (χ0n) is 24.9. The molecular weight excluding hydrogens is 510 g/mol. The minimum absolute atomic E-state index is 0.270. The lowest BCUT2D eigenvalue weighted by molar-refractivity contribution is -0.145. The maximum absolute atomic E-state index is 13.2. The van der Waals surface area contributed by atoms with Gasteiger partial charge in [0.2, 0.25) is 5.91 Å². The summed E-state index contributed by atoms with van der Waals surface area (Å²) in [7, 11) is 0. The molecular formula is C35H49N3O3. The molecule has 1 amide bonds. The summed E-state index contributed by atoms with van der Waals surface area (Å²) in [5.74, 6) is 0.668. The second-order valence-electron chi connectivity index (χ2n) is 12.6. The Labute approximate surface area is 246 Å². The van der Waals surface area contributed by atoms with Crippen LogP contribution in [0.4, 0.5) is 0 Å². The number of amides is 1. The topological polar surface area (TPSA) is 64.1 Å². The van der Waals surface area contributed by atoms with Gasteiger partial charge in [-0.1, -0.05) is 79.9 Å². The predicted molar refractivity (Wildman–Crippen MR) is 164 cm³/mol. The number of hydrogen-bond acceptors (Lipinski definition) is 4. The zero-order valence-corrected chi connectivity index (χ0v) is 24.9. The molecule has 3 fully saturated rings. The van der Waals surface area contributed by atoms with E-state index in [0.29, 0.717) is 24.3 Å². The third-order valence-electron chi connectivity index (χ3n) is 10.1. The van der Waals surface area contributed by atoms with Crippen molar-refractivity contribution in [3.05, 3.63) is 71.8 Å². The van der Waals surface area contributed by atoms with E-state index in [4.69, 9.17) is 0 Å². The number of likely N-dealkylation sites (tertiary alicyclic amines) is 2. The quantitative estimate of drug-likeness (QED) is 0.384. The van der Waals surface area contributed by atoms with E-state index in [0.717, 1.165) is 84.2 Å². The zero-order chi connectivity index (χ0) is 28.6. The third kappa shape index (κ3) is 7.58. The molecule has 2 heterocycles. The molecule has 41 heavy (non-hydrogen) atoms. The van der Waals surface area contributed by atoms with E-state index >= 15 is 0 Å². The molecule has 1 N–H and O–H groups in total. The molecule has 0 radical (unpaired) electrons. The fourth-order valence-corrected chi connectivity index (χ4v) is 7.92. The van der Waals surface area contributed by atoms with Crippen LogP contribution in [0, 0.1) is 11.8 Å². The van der Waals surface area contributed by atoms with Gasteiger partial charge in [-0.05, 0) is 62.0 Å². The van der Waals surface area contributed by atoms with Crippen molar-refractivity contribution in [1.29, 1.82) is 0 Å². The van der Waals surface area contributed by atoms with Gasteiger partial charge in [-0.25, -0.2) is 0 Å². The Bertz CT molecular complexity index is 1100. The molecule has 6 heteroatoms. The van der Waals surface area contributed by atoms with Gasteiger partial charge >= 0.3 is 5.97 Å². The molecule has 1 aliphatic carbocycles. The van der Waals surface area contributed by atoms with Gasteiger partial charge in [0.1, 0.15) is 6.04 Å². The minimum Gasteiger partial charge on any atom is -0.480 e. The first-order valence-electron chi connectivity index (χ1n) is 16.1. The Balaban J connectivity index is 1.20. The Hall–Kier alpha value is -2.70. The molecule has 3 aliphatic rings. The highest BCUT2D eigenvalue weighted by atomic mass is 16.4. The van der Waals surface area contributed by atoms with Crippen LogP contribution in [-0.2, 0) is 16.0 Å². The number of rotatable bonds is 11. The maximum atomic E-state index is 13.2. The number of carbonyl (C=O) groups excluding carboxylic acids is 1. The Morgan fingerprint density at radius 2 is 1.56 bits per heavy atom. The van der Waals surface area contributed by atoms with Crippen molar-refractivity contribution < 1.29 is 14.7 Å². The van der Waals surface area contributed by atoms with Gasteiger partial charge in [-0.15, -0.1) is 0 Å². The molecule has 3 atom stereocenters. The first kappa shape index (κ1) is 29.8. The van der Waals surface area contributed by atoms with E-state index in [1.54, 1.807) is 0 Å². The smallest absolute Gasteiger partial charge is 0.321 e. The van der Waals surface area contributed by atoms with Gasteiger partial charge in [-0.3, -0.25) is 14.5 Å². The van der Waals surface area contributed by atoms with Crippen LogP contribution in [0.5, 0.6) is 0 Å². The number of hydrogen-bond donors (Lipinski definition) is 1. The number of aryl methyl sites for hydroxylation is 1. The normalized spacial score (nSPS) is 23.8. The molecule has 0 spiro atoms. The molecule has 222 valence electrons. The first-order valence-corrected chi connectivity index (χ1v) is 16.1. The minimum atomic E-state index is -0.637. The van der Waals surface area contributed by atoms with E-state index in [9.17, 15) is 14.7 Å². The number of piperidine rings is 1. The summed E-state index contributed by atoms with van der Waals surface area (Å²) in [5, 5.41) is 10.3. The van der Waals surface area contributed by atoms with Gasteiger partial charge in [-0.2, -0.15) is 0 Å². The molecule has 6 nitrogen and oxygen atoms in total. The molecule has 2 aromatic carbocycles. The van der Waals surface area contributed by atoms with E-state index in [1.807, 2.05) is 18.2 Å². The van der Waals surface area contributed by atoms with Crippen LogP contribution in [0.3, 0.4) is 0 Å². The van der Waals surface area contributed by atoms with Crippen LogP contribution >= 0.6 is 0 Å². The van der Waals surface area contributed by atoms with Crippen molar-refractivity contribution in [3.8, 4) is 0 Å². The van der Waals surface area contributed by atoms with Crippen molar-refractivity contribution in [2.45, 2.75) is 82.7 Å². The van der Waals surface area contributed by atoms with Gasteiger partial charge in [0.05, 0.1) is 0 Å². The van der Waals surface area contributed by atoms with Gasteiger partial charge < -0.3 is 14.9 Å². The number of carboxylic acids is 1. The lowest BCUT2D eigenvalue weighted by Gasteiger charge is -2.39. The highest BCUT2D eigenvalue weighted by Crippen LogP contribution is 2.38. The number of benzene rings is 2. The number of aliphatic carboxylic acids is 1. The Morgan fingerprint density at radius 3 is 2.20 bits per heavy atom. The summed E-state index contributed by atoms with van der Waals surface area (Å²) in [6.45, 7) is 7.55. The summed E-state index contributed by atoms with van der Waals surface area (Å²) in [4.78, 5) is 32.7. The van der Waals surface area contributed by atoms with Crippen molar-refractivity contribution >= 4 is 11.9 Å². The van der Waals surface area contributed by atoms with E-state index in [-0.39, 0.29) is 17.9 Å². The summed E-state index contributed by atoms with van der Waals surface area (Å²) in [5.41, 5.74) is 2.56. The fraction of sp³-hybridized carbons (Fsp3) is 0.600. The largest absolute Gasteiger partial charge is 0.480 e. The molecule has 5 rings (SSSR count). The Morgan fingerprint density at radius 1 is 0.902 bits per heavy atom. The first-order chi connectivity index (χ1) is 20.0. The lowest BCUT2D eigenvalue weighted by Crippen LogP contribution is -2.49. The molecule has 3 unspecified atom stereocenters. The fourth-order valence-electron chi connectivity index (χ4n) is 7.92. The average Bonchev–Trinajstić information content (AvgIpc) is 3.41. The predicted octanol–water partition coefficient (Wildman–Crippen LogP) is 5.68. The van der Waals surface area contributed by atoms with Crippen molar-refractivity contribution in [2.24, 2.45) is 11.8 Å². The Kier molecular flexibility index (Phi) is 10.5. The third-order valence-corrected chi connectivity index (χ3v) is 10.1. The average molecular weight is 560 g/mol. The summed E-state index contributed by atoms with van der Waals surface area (Å²) < 4.78 is 0. The van der Waals surface area contributed by atoms with Gasteiger partial charge in [0, 0.05) is 57.6 Å². The SMILES string of the molecule is CCN(C(=O)CCc1ccccc1)C1CCN(CC2CN(C(C(=O)O)C3CCCCC3)CC2c2ccccc2)CC1. The van der Waals surface area contributed by atoms with Crippen molar-refractivity contribution in [3.63, 3.8) is 0 Å². The molecule has 2 aliphatic heterocycles. The summed E-state index contributed by atoms with van der Waals surface area (Å²) in [6.07, 6.45) is 9.03. The lowest BCUT2D eigenvalue weighted by atomic mass is 9.83. The van der Waals surface area contributed by atoms with E-state index in [2.05, 4.69) is 64.1 Å². The van der Waals surface area contributed by atoms with Gasteiger partial charge in [0.25, 0.3) is 0 Å². The van der Waals surface area contributed by atoms with Crippen LogP contribution in [0.15, 0.2) is 60.7 Å². The molecule has 0 bridgehead atoms. The highest BCUT2D eigenvalue weighted by Gasteiger charge is 2.43. The van der Waals surface area contributed by atoms with Crippen LogP contribution in [0.1, 0.15) is 75.3 Å². The standard InChI is InChI=1S/C35H49N3O3/c1-2-38(33(39)19-18-27-12-6-3-7-13-27)31-20-22-36(23-21-31)24-30-25-37(26-32(30)28-14-8-4-9-15-28)34(35(40)41)29-16-10-5-11-17-29/h3-4,6-9,12-15,29-32,34H,2,5,10-11,16-26H2,1H3,(H,40,41). The van der Waals surface area contributed by atoms with Gasteiger partial charge in [0.15, 0.2) is 0 Å². The summed E-state index contributed by atoms with van der Waals surface area (Å²) in [6, 6.07) is 21.0. The monoisotopic (exact) mass is 559 g/mol. The molecule has 2 saturated heterocycles. The number of carboxylic acid groups (broad SMARTS) is 1. The number of nitrogens with zero attached hydrogens (tertiary/aromatic N) is 3. The second-order valence-corrected chi connectivity index (χ2v) is 12.6. The van der Waals surface area contributed by atoms with Crippen molar-refractivity contribution in [1.82, 2.24) is 14.7 Å². The van der Waals surface area contributed by atoms with Crippen LogP contribution in [-0.4, -0.2) is 83.0 Å². The molecule has 1 saturated carbocycles. The second kappa shape index (κ2) is 14.5. The van der Waals surface area contributed by atoms with Crippen LogP contribution in [0.25, 0.3) is 0 Å². The number of carbonyl (C=O) groups is 2. The van der Waals surface area contributed by atoms with Crippen LogP contribution < -0.4 is 0 Å². The van der Waals surface area contributed by atoms with Crippen LogP contribution in [0.2, 0.25) is 0 Å². The maximum Gasteiger partial charge on any atom is 0.321 e.